The summed E-state index contributed by atoms with van der Waals surface area (Å²) in [6, 6.07) is 0. The maximum Gasteiger partial charge on any atom is 0.221 e. The molecule has 1 aliphatic carbocycles. The van der Waals surface area contributed by atoms with Crippen LogP contribution in [0.4, 0.5) is 0 Å². The Hall–Kier alpha value is -0.680. The smallest absolute Gasteiger partial charge is 0.221 e. The van der Waals surface area contributed by atoms with Crippen molar-refractivity contribution in [3.05, 3.63) is 0 Å². The van der Waals surface area contributed by atoms with Crippen LogP contribution in [0.5, 0.6) is 0 Å². The van der Waals surface area contributed by atoms with Crippen LogP contribution in [-0.4, -0.2) is 30.2 Å². The Morgan fingerprint density at radius 2 is 1.85 bits per heavy atom. The number of thiocarbonyl (C=S) groups is 1. The van der Waals surface area contributed by atoms with E-state index in [-0.39, 0.29) is 11.8 Å². The number of carbonyl (C=O) groups is 1. The summed E-state index contributed by atoms with van der Waals surface area (Å²) in [6.07, 6.45) is 8.00. The molecule has 1 fully saturated rings. The number of hydrogen-bond acceptors (Lipinski definition) is 3. The van der Waals surface area contributed by atoms with Gasteiger partial charge in [0.2, 0.25) is 5.91 Å². The third-order valence-electron chi connectivity index (χ3n) is 4.04. The van der Waals surface area contributed by atoms with Gasteiger partial charge in [0, 0.05) is 20.1 Å². The minimum Gasteiger partial charge on any atom is -0.391 e. The van der Waals surface area contributed by atoms with Gasteiger partial charge in [-0.1, -0.05) is 51.2 Å². The number of rotatable bonds is 6. The Balaban J connectivity index is 2.64. The molecule has 0 radical (unpaired) electrons. The fourth-order valence-electron chi connectivity index (χ4n) is 2.92. The molecule has 0 aromatic rings. The molecule has 0 heterocycles. The molecule has 0 bridgehead atoms. The van der Waals surface area contributed by atoms with Gasteiger partial charge in [0.25, 0.3) is 0 Å². The summed E-state index contributed by atoms with van der Waals surface area (Å²) in [7, 11) is 1.65. The molecule has 4 nitrogen and oxygen atoms in total. The van der Waals surface area contributed by atoms with Gasteiger partial charge >= 0.3 is 0 Å². The van der Waals surface area contributed by atoms with Crippen molar-refractivity contribution < 1.29 is 9.53 Å². The highest BCUT2D eigenvalue weighted by Crippen LogP contribution is 2.27. The van der Waals surface area contributed by atoms with Crippen LogP contribution in [0, 0.1) is 5.92 Å². The fraction of sp³-hybridized carbons (Fsp3) is 0.867. The Morgan fingerprint density at radius 1 is 1.30 bits per heavy atom. The van der Waals surface area contributed by atoms with Gasteiger partial charge in [0.15, 0.2) is 0 Å². The summed E-state index contributed by atoms with van der Waals surface area (Å²) >= 11 is 5.25. The van der Waals surface area contributed by atoms with Crippen molar-refractivity contribution >= 4 is 23.1 Å². The van der Waals surface area contributed by atoms with Crippen LogP contribution < -0.4 is 11.1 Å². The van der Waals surface area contributed by atoms with Crippen LogP contribution in [0.15, 0.2) is 0 Å². The quantitative estimate of drug-likeness (QED) is 0.740. The zero-order valence-corrected chi connectivity index (χ0v) is 13.6. The molecule has 0 saturated heterocycles. The molecule has 0 aromatic heterocycles. The number of hydrogen-bond donors (Lipinski definition) is 2. The summed E-state index contributed by atoms with van der Waals surface area (Å²) in [4.78, 5) is 12.7. The Kier molecular flexibility index (Phi) is 7.45. The zero-order chi connectivity index (χ0) is 15.0. The van der Waals surface area contributed by atoms with Crippen LogP contribution in [-0.2, 0) is 9.53 Å². The van der Waals surface area contributed by atoms with Crippen molar-refractivity contribution in [1.82, 2.24) is 5.32 Å². The lowest BCUT2D eigenvalue weighted by Gasteiger charge is -2.35. The third-order valence-corrected chi connectivity index (χ3v) is 4.43. The van der Waals surface area contributed by atoms with E-state index < -0.39 is 5.54 Å². The predicted molar refractivity (Wildman–Crippen MR) is 85.6 cm³/mol. The number of amides is 1. The van der Waals surface area contributed by atoms with Gasteiger partial charge in [-0.15, -0.1) is 0 Å². The summed E-state index contributed by atoms with van der Waals surface area (Å²) in [5.74, 6) is 0.236. The highest BCUT2D eigenvalue weighted by atomic mass is 32.1. The first kappa shape index (κ1) is 17.4. The van der Waals surface area contributed by atoms with Crippen molar-refractivity contribution in [1.29, 1.82) is 0 Å². The molecule has 1 saturated carbocycles. The molecular weight excluding hydrogens is 272 g/mol. The van der Waals surface area contributed by atoms with E-state index in [0.717, 1.165) is 25.7 Å². The number of ether oxygens (including phenoxy) is 1. The first-order valence-electron chi connectivity index (χ1n) is 7.60. The summed E-state index contributed by atoms with van der Waals surface area (Å²) in [5.41, 5.74) is 5.48. The molecule has 3 N–H and O–H groups in total. The minimum absolute atomic E-state index is 0.0305. The van der Waals surface area contributed by atoms with Gasteiger partial charge in [-0.3, -0.25) is 4.79 Å². The topological polar surface area (TPSA) is 64.3 Å². The van der Waals surface area contributed by atoms with Crippen LogP contribution >= 0.6 is 12.2 Å². The zero-order valence-electron chi connectivity index (χ0n) is 12.7. The highest BCUT2D eigenvalue weighted by Gasteiger charge is 2.35. The molecule has 1 unspecified atom stereocenters. The van der Waals surface area contributed by atoms with E-state index in [0.29, 0.717) is 18.0 Å². The Labute approximate surface area is 127 Å². The molecule has 0 spiro atoms. The lowest BCUT2D eigenvalue weighted by molar-refractivity contribution is -0.123. The normalized spacial score (nSPS) is 20.5. The van der Waals surface area contributed by atoms with Crippen molar-refractivity contribution in [2.45, 2.75) is 63.8 Å². The SMILES string of the molecule is COCC(C)CC(=O)NC1(C(N)=S)CCCCCCC1. The molecule has 0 aromatic carbocycles. The van der Waals surface area contributed by atoms with E-state index in [1.807, 2.05) is 6.92 Å². The summed E-state index contributed by atoms with van der Waals surface area (Å²) in [6.45, 7) is 2.60. The molecule has 1 amide bonds. The van der Waals surface area contributed by atoms with Crippen LogP contribution in [0.2, 0.25) is 0 Å². The molecule has 20 heavy (non-hydrogen) atoms. The number of nitrogens with one attached hydrogen (secondary N) is 1. The van der Waals surface area contributed by atoms with Crippen molar-refractivity contribution in [3.63, 3.8) is 0 Å². The van der Waals surface area contributed by atoms with E-state index in [1.165, 1.54) is 19.3 Å². The monoisotopic (exact) mass is 300 g/mol. The van der Waals surface area contributed by atoms with Gasteiger partial charge < -0.3 is 15.8 Å². The summed E-state index contributed by atoms with van der Waals surface area (Å²) in [5, 5.41) is 3.13. The Bertz CT molecular complexity index is 326. The van der Waals surface area contributed by atoms with E-state index in [4.69, 9.17) is 22.7 Å². The first-order valence-corrected chi connectivity index (χ1v) is 8.01. The number of carbonyl (C=O) groups excluding carboxylic acids is 1. The number of nitrogens with two attached hydrogens (primary N) is 1. The van der Waals surface area contributed by atoms with Gasteiger partial charge in [0.1, 0.15) is 0 Å². The third kappa shape index (κ3) is 5.37. The van der Waals surface area contributed by atoms with E-state index in [1.54, 1.807) is 7.11 Å². The lowest BCUT2D eigenvalue weighted by atomic mass is 9.83. The van der Waals surface area contributed by atoms with Crippen molar-refractivity contribution in [3.8, 4) is 0 Å². The van der Waals surface area contributed by atoms with Crippen LogP contribution in [0.3, 0.4) is 0 Å². The molecular formula is C15H28N2O2S. The second kappa shape index (κ2) is 8.57. The van der Waals surface area contributed by atoms with E-state index in [9.17, 15) is 4.79 Å². The number of methoxy groups -OCH3 is 1. The van der Waals surface area contributed by atoms with Gasteiger partial charge in [0.05, 0.1) is 10.5 Å². The highest BCUT2D eigenvalue weighted by molar-refractivity contribution is 7.80. The maximum atomic E-state index is 12.2. The second-order valence-corrected chi connectivity index (χ2v) is 6.47. The second-order valence-electron chi connectivity index (χ2n) is 6.03. The predicted octanol–water partition coefficient (Wildman–Crippen LogP) is 2.54. The average Bonchev–Trinajstić information content (AvgIpc) is 2.32. The largest absolute Gasteiger partial charge is 0.391 e. The molecule has 1 atom stereocenters. The van der Waals surface area contributed by atoms with E-state index >= 15 is 0 Å². The van der Waals surface area contributed by atoms with Gasteiger partial charge in [-0.2, -0.15) is 0 Å². The van der Waals surface area contributed by atoms with Crippen molar-refractivity contribution in [2.24, 2.45) is 11.7 Å². The molecule has 5 heteroatoms. The Morgan fingerprint density at radius 3 is 2.35 bits per heavy atom. The summed E-state index contributed by atoms with van der Waals surface area (Å²) < 4.78 is 5.07. The average molecular weight is 300 g/mol. The lowest BCUT2D eigenvalue weighted by Crippen LogP contribution is -2.57. The molecule has 0 aliphatic heterocycles. The molecule has 1 rings (SSSR count). The minimum atomic E-state index is -0.473. The van der Waals surface area contributed by atoms with Crippen molar-refractivity contribution in [2.75, 3.05) is 13.7 Å². The maximum absolute atomic E-state index is 12.2. The first-order chi connectivity index (χ1) is 9.50. The standard InChI is InChI=1S/C15H28N2O2S/c1-12(11-19-2)10-13(18)17-15(14(16)20)8-6-4-3-5-7-9-15/h12H,3-11H2,1-2H3,(H2,16,20)(H,17,18). The van der Waals surface area contributed by atoms with Crippen LogP contribution in [0.25, 0.3) is 0 Å². The molecule has 116 valence electrons. The van der Waals surface area contributed by atoms with Gasteiger partial charge in [-0.25, -0.2) is 0 Å². The van der Waals surface area contributed by atoms with E-state index in [2.05, 4.69) is 5.32 Å². The molecule has 1 aliphatic rings. The van der Waals surface area contributed by atoms with Crippen LogP contribution in [0.1, 0.15) is 58.3 Å². The van der Waals surface area contributed by atoms with Gasteiger partial charge in [-0.05, 0) is 18.8 Å². The fourth-order valence-corrected chi connectivity index (χ4v) is 3.17.